The molecule has 3 rings (SSSR count). The molecule has 1 aromatic carbocycles. The van der Waals surface area contributed by atoms with Crippen molar-refractivity contribution in [1.82, 2.24) is 19.2 Å². The number of aliphatic hydroxyl groups excluding tert-OH is 1. The van der Waals surface area contributed by atoms with Crippen LogP contribution in [0.25, 0.3) is 0 Å². The summed E-state index contributed by atoms with van der Waals surface area (Å²) < 4.78 is 2.95. The smallest absolute Gasteiger partial charge is 0.346 e. The van der Waals surface area contributed by atoms with Crippen LogP contribution in [0.4, 0.5) is 0 Å². The van der Waals surface area contributed by atoms with Crippen molar-refractivity contribution in [3.63, 3.8) is 0 Å². The molecule has 1 atom stereocenters. The maximum Gasteiger partial charge on any atom is 0.346 e. The van der Waals surface area contributed by atoms with E-state index in [-0.39, 0.29) is 18.1 Å². The highest BCUT2D eigenvalue weighted by Gasteiger charge is 2.24. The van der Waals surface area contributed by atoms with Gasteiger partial charge in [-0.25, -0.2) is 9.48 Å². The Balaban J connectivity index is 1.80. The van der Waals surface area contributed by atoms with E-state index in [2.05, 4.69) is 12.0 Å². The predicted octanol–water partition coefficient (Wildman–Crippen LogP) is 1.42. The van der Waals surface area contributed by atoms with Crippen molar-refractivity contribution in [3.05, 3.63) is 52.2 Å². The molecule has 0 bridgehead atoms. The van der Waals surface area contributed by atoms with Crippen LogP contribution in [0.5, 0.6) is 0 Å². The van der Waals surface area contributed by atoms with Gasteiger partial charge >= 0.3 is 5.69 Å². The van der Waals surface area contributed by atoms with Crippen LogP contribution in [-0.2, 0) is 24.3 Å². The van der Waals surface area contributed by atoms with Gasteiger partial charge < -0.3 is 10.0 Å². The highest BCUT2D eigenvalue weighted by Crippen LogP contribution is 2.11. The van der Waals surface area contributed by atoms with Crippen molar-refractivity contribution < 1.29 is 9.90 Å². The Kier molecular flexibility index (Phi) is 6.45. The molecule has 1 aliphatic rings. The molecule has 1 N–H and O–H groups in total. The predicted molar refractivity (Wildman–Crippen MR) is 102 cm³/mol. The fourth-order valence-electron chi connectivity index (χ4n) is 3.44. The first kappa shape index (κ1) is 19.4. The quantitative estimate of drug-likeness (QED) is 0.797. The number of rotatable bonds is 7. The fourth-order valence-corrected chi connectivity index (χ4v) is 3.44. The van der Waals surface area contributed by atoms with Gasteiger partial charge in [0.2, 0.25) is 5.91 Å². The Labute approximate surface area is 159 Å². The third kappa shape index (κ3) is 4.86. The summed E-state index contributed by atoms with van der Waals surface area (Å²) in [5.74, 6) is 0.555. The minimum absolute atomic E-state index is 0.0769. The van der Waals surface area contributed by atoms with Crippen molar-refractivity contribution in [2.24, 2.45) is 0 Å². The first-order chi connectivity index (χ1) is 13.1. The molecule has 0 radical (unpaired) electrons. The van der Waals surface area contributed by atoms with Crippen LogP contribution in [0.15, 0.2) is 35.1 Å². The number of aryl methyl sites for hydroxylation is 1. The SMILES string of the molecule is CCCCc1nn(CC(=O)N2CCCC(O)C2)c(=O)n1Cc1ccccc1. The molecule has 1 amide bonds. The van der Waals surface area contributed by atoms with Gasteiger partial charge in [0.25, 0.3) is 0 Å². The number of aromatic nitrogens is 3. The van der Waals surface area contributed by atoms with Crippen LogP contribution >= 0.6 is 0 Å². The third-order valence-corrected chi connectivity index (χ3v) is 4.97. The summed E-state index contributed by atoms with van der Waals surface area (Å²) in [6.45, 7) is 3.43. The number of aliphatic hydroxyl groups is 1. The number of nitrogens with zero attached hydrogens (tertiary/aromatic N) is 4. The van der Waals surface area contributed by atoms with E-state index in [0.29, 0.717) is 26.1 Å². The lowest BCUT2D eigenvalue weighted by Gasteiger charge is -2.29. The third-order valence-electron chi connectivity index (χ3n) is 4.97. The largest absolute Gasteiger partial charge is 0.391 e. The molecule has 1 aromatic heterocycles. The summed E-state index contributed by atoms with van der Waals surface area (Å²) in [6.07, 6.45) is 3.69. The Morgan fingerprint density at radius 2 is 2.07 bits per heavy atom. The summed E-state index contributed by atoms with van der Waals surface area (Å²) in [4.78, 5) is 27.1. The van der Waals surface area contributed by atoms with E-state index in [1.54, 1.807) is 9.47 Å². The lowest BCUT2D eigenvalue weighted by Crippen LogP contribution is -2.44. The second-order valence-electron chi connectivity index (χ2n) is 7.17. The molecular weight excluding hydrogens is 344 g/mol. The standard InChI is InChI=1S/C20H28N4O3/c1-2-3-11-18-21-24(15-19(26)22-12-7-10-17(25)14-22)20(27)23(18)13-16-8-5-4-6-9-16/h4-6,8-9,17,25H,2-3,7,10-15H2,1H3. The maximum absolute atomic E-state index is 12.9. The van der Waals surface area contributed by atoms with Crippen molar-refractivity contribution in [2.75, 3.05) is 13.1 Å². The van der Waals surface area contributed by atoms with E-state index in [1.807, 2.05) is 30.3 Å². The number of likely N-dealkylation sites (tertiary alicyclic amines) is 1. The molecule has 7 nitrogen and oxygen atoms in total. The molecule has 1 fully saturated rings. The molecular formula is C20H28N4O3. The average Bonchev–Trinajstić information content (AvgIpc) is 2.96. The summed E-state index contributed by atoms with van der Waals surface area (Å²) in [7, 11) is 0. The molecule has 7 heteroatoms. The maximum atomic E-state index is 12.9. The number of benzene rings is 1. The number of piperidine rings is 1. The van der Waals surface area contributed by atoms with E-state index in [9.17, 15) is 14.7 Å². The molecule has 0 aliphatic carbocycles. The van der Waals surface area contributed by atoms with E-state index >= 15 is 0 Å². The van der Waals surface area contributed by atoms with Crippen molar-refractivity contribution in [2.45, 2.75) is 58.2 Å². The first-order valence-electron chi connectivity index (χ1n) is 9.74. The van der Waals surface area contributed by atoms with Crippen molar-refractivity contribution in [1.29, 1.82) is 0 Å². The summed E-state index contributed by atoms with van der Waals surface area (Å²) in [5, 5.41) is 14.2. The summed E-state index contributed by atoms with van der Waals surface area (Å²) in [6, 6.07) is 9.80. The van der Waals surface area contributed by atoms with Gasteiger partial charge in [-0.1, -0.05) is 43.7 Å². The number of β-amino-alcohol motifs (C(OH)–C–C–N with tert-alkyl or cyclic N) is 1. The minimum atomic E-state index is -0.477. The normalized spacial score (nSPS) is 17.3. The average molecular weight is 372 g/mol. The van der Waals surface area contributed by atoms with Crippen LogP contribution in [0.2, 0.25) is 0 Å². The number of hydrogen-bond donors (Lipinski definition) is 1. The molecule has 2 aromatic rings. The van der Waals surface area contributed by atoms with Crippen LogP contribution in [0.1, 0.15) is 44.0 Å². The lowest BCUT2D eigenvalue weighted by molar-refractivity contribution is -0.135. The summed E-state index contributed by atoms with van der Waals surface area (Å²) >= 11 is 0. The van der Waals surface area contributed by atoms with E-state index < -0.39 is 6.10 Å². The minimum Gasteiger partial charge on any atom is -0.391 e. The van der Waals surface area contributed by atoms with Gasteiger partial charge in [-0.2, -0.15) is 5.10 Å². The first-order valence-corrected chi connectivity index (χ1v) is 9.74. The van der Waals surface area contributed by atoms with Gasteiger partial charge in [-0.05, 0) is 24.8 Å². The Bertz CT molecular complexity index is 812. The zero-order valence-corrected chi connectivity index (χ0v) is 15.9. The lowest BCUT2D eigenvalue weighted by atomic mass is 10.1. The second-order valence-corrected chi connectivity index (χ2v) is 7.17. The Morgan fingerprint density at radius 3 is 2.78 bits per heavy atom. The van der Waals surface area contributed by atoms with Gasteiger partial charge in [0.05, 0.1) is 12.6 Å². The van der Waals surface area contributed by atoms with E-state index in [0.717, 1.165) is 37.1 Å². The van der Waals surface area contributed by atoms with Gasteiger partial charge in [-0.15, -0.1) is 0 Å². The van der Waals surface area contributed by atoms with Crippen LogP contribution in [0, 0.1) is 0 Å². The van der Waals surface area contributed by atoms with E-state index in [4.69, 9.17) is 0 Å². The molecule has 2 heterocycles. The molecule has 146 valence electrons. The highest BCUT2D eigenvalue weighted by molar-refractivity contribution is 5.76. The molecule has 0 spiro atoms. The zero-order valence-electron chi connectivity index (χ0n) is 15.9. The second kappa shape index (κ2) is 8.99. The molecule has 27 heavy (non-hydrogen) atoms. The number of amides is 1. The van der Waals surface area contributed by atoms with Gasteiger partial charge in [-0.3, -0.25) is 9.36 Å². The van der Waals surface area contributed by atoms with Crippen molar-refractivity contribution >= 4 is 5.91 Å². The zero-order chi connectivity index (χ0) is 19.2. The van der Waals surface area contributed by atoms with Crippen LogP contribution in [-0.4, -0.2) is 49.5 Å². The number of carbonyl (C=O) groups is 1. The van der Waals surface area contributed by atoms with Crippen LogP contribution < -0.4 is 5.69 Å². The molecule has 1 aliphatic heterocycles. The van der Waals surface area contributed by atoms with Gasteiger partial charge in [0.15, 0.2) is 0 Å². The molecule has 1 unspecified atom stereocenters. The topological polar surface area (TPSA) is 80.4 Å². The monoisotopic (exact) mass is 372 g/mol. The molecule has 1 saturated heterocycles. The van der Waals surface area contributed by atoms with Gasteiger partial charge in [0.1, 0.15) is 12.4 Å². The van der Waals surface area contributed by atoms with Crippen molar-refractivity contribution in [3.8, 4) is 0 Å². The van der Waals surface area contributed by atoms with Crippen LogP contribution in [0.3, 0.4) is 0 Å². The number of carbonyl (C=O) groups excluding carboxylic acids is 1. The van der Waals surface area contributed by atoms with E-state index in [1.165, 1.54) is 4.68 Å². The summed E-state index contributed by atoms with van der Waals surface area (Å²) in [5.41, 5.74) is 0.776. The molecule has 0 saturated carbocycles. The fraction of sp³-hybridized carbons (Fsp3) is 0.550. The number of unbranched alkanes of at least 4 members (excludes halogenated alkanes) is 1. The van der Waals surface area contributed by atoms with Gasteiger partial charge in [0, 0.05) is 19.5 Å². The Hall–Kier alpha value is -2.41. The number of hydrogen-bond acceptors (Lipinski definition) is 4. The Morgan fingerprint density at radius 1 is 1.30 bits per heavy atom. The highest BCUT2D eigenvalue weighted by atomic mass is 16.3.